The lowest BCUT2D eigenvalue weighted by molar-refractivity contribution is 0.0614. The Bertz CT molecular complexity index is 378. The van der Waals surface area contributed by atoms with Crippen LogP contribution in [0.15, 0.2) is 21.2 Å². The van der Waals surface area contributed by atoms with Crippen LogP contribution in [-0.2, 0) is 0 Å². The third kappa shape index (κ3) is 2.96. The van der Waals surface area contributed by atoms with Crippen molar-refractivity contribution in [1.29, 1.82) is 0 Å². The minimum Gasteiger partial charge on any atom is -0.388 e. The van der Waals surface area contributed by atoms with Gasteiger partial charge in [0, 0.05) is 17.2 Å². The van der Waals surface area contributed by atoms with Gasteiger partial charge in [0.1, 0.15) is 5.82 Å². The maximum atomic E-state index is 10.2. The molecule has 0 unspecified atom stereocenters. The minimum atomic E-state index is -0.547. The molecule has 0 aromatic carbocycles. The molecule has 1 aromatic rings. The average molecular weight is 350 g/mol. The highest BCUT2D eigenvalue weighted by molar-refractivity contribution is 9.11. The summed E-state index contributed by atoms with van der Waals surface area (Å²) in [6, 6.07) is 1.94. The van der Waals surface area contributed by atoms with E-state index in [0.717, 1.165) is 40.4 Å². The Morgan fingerprint density at radius 2 is 2.06 bits per heavy atom. The molecule has 3 nitrogen and oxygen atoms in total. The van der Waals surface area contributed by atoms with Crippen molar-refractivity contribution in [3.8, 4) is 0 Å². The average Bonchev–Trinajstić information content (AvgIpc) is 2.64. The van der Waals surface area contributed by atoms with Crippen LogP contribution in [-0.4, -0.2) is 22.2 Å². The zero-order chi connectivity index (χ0) is 11.6. The molecule has 1 aromatic heterocycles. The SMILES string of the molecule is OC1(CNc2ncc(Br)cc2Br)CCCC1. The molecule has 0 radical (unpaired) electrons. The highest BCUT2D eigenvalue weighted by Gasteiger charge is 2.30. The molecule has 1 fully saturated rings. The molecule has 0 bridgehead atoms. The Morgan fingerprint density at radius 3 is 2.69 bits per heavy atom. The van der Waals surface area contributed by atoms with Crippen molar-refractivity contribution in [1.82, 2.24) is 4.98 Å². The summed E-state index contributed by atoms with van der Waals surface area (Å²) in [4.78, 5) is 4.25. The fraction of sp³-hybridized carbons (Fsp3) is 0.545. The number of aromatic nitrogens is 1. The van der Waals surface area contributed by atoms with E-state index in [4.69, 9.17) is 0 Å². The molecule has 1 aliphatic carbocycles. The molecule has 5 heteroatoms. The molecule has 1 heterocycles. The van der Waals surface area contributed by atoms with Gasteiger partial charge in [-0.15, -0.1) is 0 Å². The Kier molecular flexibility index (Phi) is 3.87. The largest absolute Gasteiger partial charge is 0.388 e. The van der Waals surface area contributed by atoms with E-state index in [1.165, 1.54) is 0 Å². The van der Waals surface area contributed by atoms with E-state index >= 15 is 0 Å². The van der Waals surface area contributed by atoms with Crippen LogP contribution in [0.1, 0.15) is 25.7 Å². The van der Waals surface area contributed by atoms with Gasteiger partial charge in [0.2, 0.25) is 0 Å². The lowest BCUT2D eigenvalue weighted by atomic mass is 10.0. The molecule has 88 valence electrons. The van der Waals surface area contributed by atoms with Crippen LogP contribution in [0, 0.1) is 0 Å². The van der Waals surface area contributed by atoms with Crippen LogP contribution in [0.4, 0.5) is 5.82 Å². The van der Waals surface area contributed by atoms with Crippen molar-refractivity contribution in [2.45, 2.75) is 31.3 Å². The first kappa shape index (κ1) is 12.3. The maximum absolute atomic E-state index is 10.2. The molecule has 0 amide bonds. The van der Waals surface area contributed by atoms with E-state index in [2.05, 4.69) is 42.2 Å². The summed E-state index contributed by atoms with van der Waals surface area (Å²) in [6.07, 6.45) is 5.74. The summed E-state index contributed by atoms with van der Waals surface area (Å²) in [5, 5.41) is 13.4. The third-order valence-electron chi connectivity index (χ3n) is 2.93. The van der Waals surface area contributed by atoms with Crippen LogP contribution in [0.3, 0.4) is 0 Å². The predicted octanol–water partition coefficient (Wildman–Crippen LogP) is 3.32. The van der Waals surface area contributed by atoms with Crippen molar-refractivity contribution in [3.63, 3.8) is 0 Å². The fourth-order valence-electron chi connectivity index (χ4n) is 2.00. The molecule has 2 N–H and O–H groups in total. The van der Waals surface area contributed by atoms with E-state index in [-0.39, 0.29) is 0 Å². The van der Waals surface area contributed by atoms with Crippen LogP contribution in [0.2, 0.25) is 0 Å². The molecule has 16 heavy (non-hydrogen) atoms. The fourth-order valence-corrected chi connectivity index (χ4v) is 3.13. The molecule has 0 atom stereocenters. The second-order valence-corrected chi connectivity index (χ2v) is 6.04. The first-order valence-corrected chi connectivity index (χ1v) is 6.95. The summed E-state index contributed by atoms with van der Waals surface area (Å²) in [6.45, 7) is 0.570. The van der Waals surface area contributed by atoms with Gasteiger partial charge in [-0.05, 0) is 50.8 Å². The van der Waals surface area contributed by atoms with Gasteiger partial charge in [-0.1, -0.05) is 12.8 Å². The number of rotatable bonds is 3. The monoisotopic (exact) mass is 348 g/mol. The van der Waals surface area contributed by atoms with Crippen LogP contribution in [0.25, 0.3) is 0 Å². The molecule has 0 spiro atoms. The van der Waals surface area contributed by atoms with E-state index in [1.54, 1.807) is 6.20 Å². The summed E-state index contributed by atoms with van der Waals surface area (Å²) < 4.78 is 1.84. The highest BCUT2D eigenvalue weighted by atomic mass is 79.9. The number of nitrogens with zero attached hydrogens (tertiary/aromatic N) is 1. The number of aliphatic hydroxyl groups is 1. The van der Waals surface area contributed by atoms with Gasteiger partial charge in [0.05, 0.1) is 10.1 Å². The second-order valence-electron chi connectivity index (χ2n) is 4.27. The smallest absolute Gasteiger partial charge is 0.140 e. The summed E-state index contributed by atoms with van der Waals surface area (Å²) in [5.41, 5.74) is -0.547. The van der Waals surface area contributed by atoms with Gasteiger partial charge in [-0.25, -0.2) is 4.98 Å². The third-order valence-corrected chi connectivity index (χ3v) is 3.97. The summed E-state index contributed by atoms with van der Waals surface area (Å²) in [7, 11) is 0. The number of nitrogens with one attached hydrogen (secondary N) is 1. The van der Waals surface area contributed by atoms with E-state index in [1.807, 2.05) is 6.07 Å². The molecule has 0 aliphatic heterocycles. The van der Waals surface area contributed by atoms with Crippen molar-refractivity contribution < 1.29 is 5.11 Å². The van der Waals surface area contributed by atoms with Crippen molar-refractivity contribution in [2.75, 3.05) is 11.9 Å². The molecule has 1 aliphatic rings. The Balaban J connectivity index is 1.99. The zero-order valence-electron chi connectivity index (χ0n) is 8.84. The van der Waals surface area contributed by atoms with Crippen molar-refractivity contribution in [2.24, 2.45) is 0 Å². The second kappa shape index (κ2) is 5.02. The van der Waals surface area contributed by atoms with Gasteiger partial charge < -0.3 is 10.4 Å². The molecule has 1 saturated carbocycles. The van der Waals surface area contributed by atoms with Gasteiger partial charge >= 0.3 is 0 Å². The van der Waals surface area contributed by atoms with Crippen LogP contribution in [0.5, 0.6) is 0 Å². The highest BCUT2D eigenvalue weighted by Crippen LogP contribution is 2.30. The Labute approximate surface area is 112 Å². The quantitative estimate of drug-likeness (QED) is 0.879. The molecule has 2 rings (SSSR count). The lowest BCUT2D eigenvalue weighted by Crippen LogP contribution is -2.33. The first-order chi connectivity index (χ1) is 7.59. The number of halogens is 2. The van der Waals surface area contributed by atoms with Crippen molar-refractivity contribution in [3.05, 3.63) is 21.2 Å². The van der Waals surface area contributed by atoms with E-state index in [0.29, 0.717) is 6.54 Å². The summed E-state index contributed by atoms with van der Waals surface area (Å²) in [5.74, 6) is 0.781. The number of hydrogen-bond donors (Lipinski definition) is 2. The standard InChI is InChI=1S/C11H14Br2N2O/c12-8-5-9(13)10(14-6-8)15-7-11(16)3-1-2-4-11/h5-6,16H,1-4,7H2,(H,14,15). The first-order valence-electron chi connectivity index (χ1n) is 5.36. The minimum absolute atomic E-state index is 0.547. The van der Waals surface area contributed by atoms with Gasteiger partial charge in [-0.2, -0.15) is 0 Å². The molecular formula is C11H14Br2N2O. The van der Waals surface area contributed by atoms with E-state index in [9.17, 15) is 5.11 Å². The molecule has 0 saturated heterocycles. The number of pyridine rings is 1. The lowest BCUT2D eigenvalue weighted by Gasteiger charge is -2.22. The topological polar surface area (TPSA) is 45.1 Å². The zero-order valence-corrected chi connectivity index (χ0v) is 12.0. The Morgan fingerprint density at radius 1 is 1.38 bits per heavy atom. The normalized spacial score (nSPS) is 18.7. The van der Waals surface area contributed by atoms with Crippen LogP contribution < -0.4 is 5.32 Å². The number of hydrogen-bond acceptors (Lipinski definition) is 3. The van der Waals surface area contributed by atoms with Gasteiger partial charge in [0.15, 0.2) is 0 Å². The van der Waals surface area contributed by atoms with Crippen LogP contribution >= 0.6 is 31.9 Å². The predicted molar refractivity (Wildman–Crippen MR) is 71.5 cm³/mol. The van der Waals surface area contributed by atoms with Gasteiger partial charge in [0.25, 0.3) is 0 Å². The summed E-state index contributed by atoms with van der Waals surface area (Å²) >= 11 is 6.79. The van der Waals surface area contributed by atoms with E-state index < -0.39 is 5.60 Å². The van der Waals surface area contributed by atoms with Gasteiger partial charge in [-0.3, -0.25) is 0 Å². The molecular weight excluding hydrogens is 336 g/mol. The number of anilines is 1. The van der Waals surface area contributed by atoms with Crippen molar-refractivity contribution >= 4 is 37.7 Å². The Hall–Kier alpha value is -0.130. The maximum Gasteiger partial charge on any atom is 0.140 e.